The highest BCUT2D eigenvalue weighted by Crippen LogP contribution is 2.63. The molecule has 0 spiro atoms. The first-order valence-corrected chi connectivity index (χ1v) is 12.5. The topological polar surface area (TPSA) is 107 Å². The number of hydrogen-bond acceptors (Lipinski definition) is 5. The molecule has 5 saturated carbocycles. The molecule has 0 aromatic carbocycles. The summed E-state index contributed by atoms with van der Waals surface area (Å²) in [7, 11) is -3.48. The van der Waals surface area contributed by atoms with E-state index in [1.807, 2.05) is 0 Å². The fourth-order valence-electron chi connectivity index (χ4n) is 6.89. The minimum atomic E-state index is -3.48. The Balaban J connectivity index is 1.25. The van der Waals surface area contributed by atoms with Gasteiger partial charge in [-0.25, -0.2) is 8.42 Å². The molecule has 4 bridgehead atoms. The molecule has 6 rings (SSSR count). The molecule has 2 atom stereocenters. The third kappa shape index (κ3) is 3.16. The second kappa shape index (κ2) is 6.43. The summed E-state index contributed by atoms with van der Waals surface area (Å²) in [4.78, 5) is 25.3. The van der Waals surface area contributed by atoms with Crippen LogP contribution in [0.4, 0.5) is 0 Å². The molecule has 5 aliphatic carbocycles. The van der Waals surface area contributed by atoms with Crippen molar-refractivity contribution in [1.29, 1.82) is 0 Å². The number of nitrogens with two attached hydrogens (primary N) is 1. The molecule has 0 aliphatic heterocycles. The molecule has 1 amide bonds. The number of amides is 1. The minimum Gasteiger partial charge on any atom is -0.453 e. The first-order valence-electron chi connectivity index (χ1n) is 10.8. The lowest BCUT2D eigenvalue weighted by Crippen LogP contribution is -2.56. The fraction of sp³-hybridized carbons (Fsp3) is 0.727. The van der Waals surface area contributed by atoms with Gasteiger partial charge in [-0.15, -0.1) is 0 Å². The molecular weight excluding hydrogens is 390 g/mol. The van der Waals surface area contributed by atoms with Crippen LogP contribution < -0.4 is 5.73 Å². The SMILES string of the molecule is NC(=O)C12CC3CC(C1)C(CC(=O)C1(CCS(=O)(=O)c4ccco4)CC1)C(C3)C2. The number of rotatable bonds is 8. The van der Waals surface area contributed by atoms with Gasteiger partial charge in [-0.3, -0.25) is 9.59 Å². The number of carbonyl (C=O) groups excluding carboxylic acids is 2. The van der Waals surface area contributed by atoms with Gasteiger partial charge in [-0.1, -0.05) is 0 Å². The second-order valence-corrected chi connectivity index (χ2v) is 12.2. The third-order valence-electron chi connectivity index (χ3n) is 8.51. The van der Waals surface area contributed by atoms with Crippen LogP contribution in [0.25, 0.3) is 0 Å². The van der Waals surface area contributed by atoms with Crippen LogP contribution in [0.1, 0.15) is 57.8 Å². The van der Waals surface area contributed by atoms with Crippen molar-refractivity contribution in [3.8, 4) is 0 Å². The number of carbonyl (C=O) groups is 2. The van der Waals surface area contributed by atoms with Crippen LogP contribution in [0.15, 0.2) is 27.9 Å². The highest BCUT2D eigenvalue weighted by Gasteiger charge is 2.59. The van der Waals surface area contributed by atoms with E-state index in [2.05, 4.69) is 0 Å². The summed E-state index contributed by atoms with van der Waals surface area (Å²) < 4.78 is 29.9. The van der Waals surface area contributed by atoms with Crippen molar-refractivity contribution in [2.75, 3.05) is 5.75 Å². The van der Waals surface area contributed by atoms with Gasteiger partial charge in [0.1, 0.15) is 5.78 Å². The Kier molecular flexibility index (Phi) is 4.29. The van der Waals surface area contributed by atoms with Crippen LogP contribution in [-0.2, 0) is 19.4 Å². The third-order valence-corrected chi connectivity index (χ3v) is 10.1. The van der Waals surface area contributed by atoms with Gasteiger partial charge in [-0.2, -0.15) is 0 Å². The Bertz CT molecular complexity index is 914. The van der Waals surface area contributed by atoms with E-state index in [1.165, 1.54) is 12.3 Å². The monoisotopic (exact) mass is 419 g/mol. The van der Waals surface area contributed by atoms with Gasteiger partial charge < -0.3 is 10.2 Å². The molecule has 6 nitrogen and oxygen atoms in total. The van der Waals surface area contributed by atoms with Crippen LogP contribution >= 0.6 is 0 Å². The summed E-state index contributed by atoms with van der Waals surface area (Å²) in [5, 5.41) is -0.0152. The summed E-state index contributed by atoms with van der Waals surface area (Å²) in [5.41, 5.74) is 4.98. The van der Waals surface area contributed by atoms with Crippen LogP contribution in [0.5, 0.6) is 0 Å². The molecule has 2 N–H and O–H groups in total. The van der Waals surface area contributed by atoms with E-state index in [0.717, 1.165) is 44.9 Å². The van der Waals surface area contributed by atoms with Crippen molar-refractivity contribution in [3.05, 3.63) is 18.4 Å². The van der Waals surface area contributed by atoms with Crippen LogP contribution in [-0.4, -0.2) is 25.9 Å². The van der Waals surface area contributed by atoms with Gasteiger partial charge in [-0.05, 0) is 87.2 Å². The normalized spacial score (nSPS) is 36.8. The Hall–Kier alpha value is -1.63. The summed E-state index contributed by atoms with van der Waals surface area (Å²) in [6.45, 7) is 0. The number of furan rings is 1. The molecule has 1 heterocycles. The number of sulfone groups is 1. The van der Waals surface area contributed by atoms with E-state index in [9.17, 15) is 18.0 Å². The van der Waals surface area contributed by atoms with Crippen molar-refractivity contribution in [2.45, 2.75) is 62.9 Å². The molecule has 5 fully saturated rings. The zero-order valence-electron chi connectivity index (χ0n) is 16.6. The zero-order chi connectivity index (χ0) is 20.4. The van der Waals surface area contributed by atoms with Crippen molar-refractivity contribution in [3.63, 3.8) is 0 Å². The van der Waals surface area contributed by atoms with E-state index in [0.29, 0.717) is 36.5 Å². The molecule has 158 valence electrons. The molecule has 2 unspecified atom stereocenters. The van der Waals surface area contributed by atoms with Crippen molar-refractivity contribution < 1.29 is 22.4 Å². The number of hydrogen-bond donors (Lipinski definition) is 1. The first-order chi connectivity index (χ1) is 13.7. The van der Waals surface area contributed by atoms with Crippen LogP contribution in [0.2, 0.25) is 0 Å². The number of Topliss-reactive ketones (excluding diaryl/α,β-unsaturated/α-hetero) is 1. The van der Waals surface area contributed by atoms with Gasteiger partial charge in [0.2, 0.25) is 20.8 Å². The molecular formula is C22H29NO5S. The van der Waals surface area contributed by atoms with E-state index in [-0.39, 0.29) is 28.0 Å². The van der Waals surface area contributed by atoms with Crippen LogP contribution in [0.3, 0.4) is 0 Å². The maximum absolute atomic E-state index is 13.2. The Morgan fingerprint density at radius 1 is 1.14 bits per heavy atom. The predicted octanol–water partition coefficient (Wildman–Crippen LogP) is 3.11. The highest BCUT2D eigenvalue weighted by molar-refractivity contribution is 7.91. The summed E-state index contributed by atoms with van der Waals surface area (Å²) in [5.74, 6) is 1.80. The second-order valence-electron chi connectivity index (χ2n) is 10.2. The standard InChI is InChI=1S/C22H29NO5S/c23-20(25)22-11-14-8-15(12-22)17(16(9-14)13-22)10-18(24)21(3-4-21)5-7-29(26,27)19-2-1-6-28-19/h1-2,6,14-17H,3-5,7-13H2,(H2,23,25). The van der Waals surface area contributed by atoms with Gasteiger partial charge in [0, 0.05) is 17.3 Å². The molecule has 7 heteroatoms. The molecule has 5 aliphatic rings. The van der Waals surface area contributed by atoms with Gasteiger partial charge in [0.15, 0.2) is 0 Å². The lowest BCUT2D eigenvalue weighted by Gasteiger charge is -2.59. The highest BCUT2D eigenvalue weighted by atomic mass is 32.2. The number of primary amides is 1. The lowest BCUT2D eigenvalue weighted by atomic mass is 9.45. The van der Waals surface area contributed by atoms with Crippen molar-refractivity contribution in [1.82, 2.24) is 0 Å². The molecule has 0 saturated heterocycles. The van der Waals surface area contributed by atoms with Crippen LogP contribution in [0, 0.1) is 34.5 Å². The molecule has 29 heavy (non-hydrogen) atoms. The first kappa shape index (κ1) is 19.3. The predicted molar refractivity (Wildman–Crippen MR) is 105 cm³/mol. The summed E-state index contributed by atoms with van der Waals surface area (Å²) in [6, 6.07) is 3.02. The zero-order valence-corrected chi connectivity index (χ0v) is 17.5. The van der Waals surface area contributed by atoms with Crippen molar-refractivity contribution >= 4 is 21.5 Å². The summed E-state index contributed by atoms with van der Waals surface area (Å²) >= 11 is 0. The average Bonchev–Trinajstić information content (AvgIpc) is 3.24. The van der Waals surface area contributed by atoms with E-state index in [1.54, 1.807) is 6.07 Å². The minimum absolute atomic E-state index is 0.0152. The molecule has 1 aromatic rings. The van der Waals surface area contributed by atoms with E-state index >= 15 is 0 Å². The Labute approximate surface area is 171 Å². The smallest absolute Gasteiger partial charge is 0.223 e. The molecule has 1 aromatic heterocycles. The molecule has 0 radical (unpaired) electrons. The average molecular weight is 420 g/mol. The maximum Gasteiger partial charge on any atom is 0.223 e. The lowest BCUT2D eigenvalue weighted by molar-refractivity contribution is -0.152. The number of ketones is 1. The van der Waals surface area contributed by atoms with Gasteiger partial charge in [0.25, 0.3) is 0 Å². The maximum atomic E-state index is 13.2. The summed E-state index contributed by atoms with van der Waals surface area (Å²) in [6.07, 6.45) is 8.70. The fourth-order valence-corrected chi connectivity index (χ4v) is 8.23. The Morgan fingerprint density at radius 3 is 2.38 bits per heavy atom. The van der Waals surface area contributed by atoms with Gasteiger partial charge in [0.05, 0.1) is 12.0 Å². The quantitative estimate of drug-likeness (QED) is 0.697. The Morgan fingerprint density at radius 2 is 1.83 bits per heavy atom. The van der Waals surface area contributed by atoms with E-state index in [4.69, 9.17) is 10.2 Å². The largest absolute Gasteiger partial charge is 0.453 e. The van der Waals surface area contributed by atoms with Crippen molar-refractivity contribution in [2.24, 2.45) is 40.2 Å². The van der Waals surface area contributed by atoms with E-state index < -0.39 is 15.3 Å². The van der Waals surface area contributed by atoms with Gasteiger partial charge >= 0.3 is 0 Å².